The van der Waals surface area contributed by atoms with Crippen molar-refractivity contribution in [3.8, 4) is 0 Å². The van der Waals surface area contributed by atoms with Gasteiger partial charge in [-0.15, -0.1) is 0 Å². The molecule has 0 aliphatic heterocycles. The Morgan fingerprint density at radius 2 is 2.00 bits per heavy atom. The first kappa shape index (κ1) is 13.3. The zero-order valence-corrected chi connectivity index (χ0v) is 8.75. The maximum Gasteiger partial charge on any atom is 0.306 e. The summed E-state index contributed by atoms with van der Waals surface area (Å²) in [5.41, 5.74) is -0.826. The zero-order valence-electron chi connectivity index (χ0n) is 8.75. The average molecular weight is 253 g/mol. The van der Waals surface area contributed by atoms with Gasteiger partial charge in [0.2, 0.25) is 11.7 Å². The Balaban J connectivity index is 2.86. The third-order valence-corrected chi connectivity index (χ3v) is 1.78. The lowest BCUT2D eigenvalue weighted by molar-refractivity contribution is -0.387. The van der Waals surface area contributed by atoms with E-state index in [1.54, 1.807) is 0 Å². The molecule has 0 heterocycles. The van der Waals surface area contributed by atoms with Crippen molar-refractivity contribution in [2.45, 2.75) is 0 Å². The molecule has 1 aromatic rings. The van der Waals surface area contributed by atoms with Crippen LogP contribution in [0.25, 0.3) is 0 Å². The second kappa shape index (κ2) is 5.53. The number of nitrogens with one attached hydrogen (secondary N) is 1. The number of hydrogen-bond donors (Lipinski definition) is 1. The van der Waals surface area contributed by atoms with E-state index in [9.17, 15) is 29.2 Å². The molecular formula is C10H6FN2O5-. The number of nitro groups is 1. The highest BCUT2D eigenvalue weighted by atomic mass is 19.1. The second-order valence-electron chi connectivity index (χ2n) is 3.06. The third kappa shape index (κ3) is 3.67. The number of nitro benzene ring substituents is 1. The molecule has 1 rings (SSSR count). The van der Waals surface area contributed by atoms with Gasteiger partial charge in [-0.1, -0.05) is 0 Å². The minimum Gasteiger partial charge on any atom is -0.545 e. The molecule has 1 N–H and O–H groups in total. The molecule has 0 fully saturated rings. The van der Waals surface area contributed by atoms with Crippen LogP contribution in [0.5, 0.6) is 0 Å². The molecule has 0 aliphatic rings. The fraction of sp³-hybridized carbons (Fsp3) is 0. The van der Waals surface area contributed by atoms with E-state index in [1.165, 1.54) is 0 Å². The smallest absolute Gasteiger partial charge is 0.306 e. The first-order valence-corrected chi connectivity index (χ1v) is 4.54. The SMILES string of the molecule is O=C([O-])C=CC(=O)Nc1ccc(F)c([N+](=O)[O-])c1. The van der Waals surface area contributed by atoms with Gasteiger partial charge < -0.3 is 15.2 Å². The lowest BCUT2D eigenvalue weighted by Gasteiger charge is -2.02. The summed E-state index contributed by atoms with van der Waals surface area (Å²) in [5, 5.41) is 22.6. The van der Waals surface area contributed by atoms with E-state index < -0.39 is 28.3 Å². The van der Waals surface area contributed by atoms with Crippen molar-refractivity contribution in [2.75, 3.05) is 5.32 Å². The van der Waals surface area contributed by atoms with Crippen molar-refractivity contribution in [2.24, 2.45) is 0 Å². The lowest BCUT2D eigenvalue weighted by atomic mass is 10.2. The van der Waals surface area contributed by atoms with Crippen molar-refractivity contribution in [3.63, 3.8) is 0 Å². The molecule has 0 bridgehead atoms. The van der Waals surface area contributed by atoms with Gasteiger partial charge >= 0.3 is 5.69 Å². The molecular weight excluding hydrogens is 247 g/mol. The van der Waals surface area contributed by atoms with Crippen molar-refractivity contribution in [1.82, 2.24) is 0 Å². The molecule has 0 spiro atoms. The van der Waals surface area contributed by atoms with Gasteiger partial charge in [0.05, 0.1) is 10.9 Å². The van der Waals surface area contributed by atoms with E-state index in [1.807, 2.05) is 0 Å². The van der Waals surface area contributed by atoms with E-state index in [0.717, 1.165) is 18.2 Å². The van der Waals surface area contributed by atoms with Crippen LogP contribution in [0.4, 0.5) is 15.8 Å². The first-order chi connectivity index (χ1) is 8.40. The Bertz CT molecular complexity index is 541. The topological polar surface area (TPSA) is 112 Å². The van der Waals surface area contributed by atoms with Crippen LogP contribution in [0.1, 0.15) is 0 Å². The molecule has 1 amide bonds. The number of carbonyl (C=O) groups is 2. The maximum atomic E-state index is 13.0. The highest BCUT2D eigenvalue weighted by Gasteiger charge is 2.14. The number of carbonyl (C=O) groups excluding carboxylic acids is 2. The van der Waals surface area contributed by atoms with Gasteiger partial charge in [0.15, 0.2) is 0 Å². The Morgan fingerprint density at radius 1 is 1.33 bits per heavy atom. The monoisotopic (exact) mass is 253 g/mol. The van der Waals surface area contributed by atoms with Crippen LogP contribution in [0.2, 0.25) is 0 Å². The molecule has 0 radical (unpaired) electrons. The molecule has 1 aromatic carbocycles. The third-order valence-electron chi connectivity index (χ3n) is 1.78. The number of anilines is 1. The molecule has 94 valence electrons. The van der Waals surface area contributed by atoms with Crippen LogP contribution < -0.4 is 10.4 Å². The molecule has 0 aliphatic carbocycles. The van der Waals surface area contributed by atoms with Crippen LogP contribution in [-0.2, 0) is 9.59 Å². The highest BCUT2D eigenvalue weighted by Crippen LogP contribution is 2.21. The van der Waals surface area contributed by atoms with Crippen LogP contribution >= 0.6 is 0 Å². The number of rotatable bonds is 4. The summed E-state index contributed by atoms with van der Waals surface area (Å²) in [7, 11) is 0. The molecule has 18 heavy (non-hydrogen) atoms. The van der Waals surface area contributed by atoms with E-state index in [0.29, 0.717) is 12.2 Å². The quantitative estimate of drug-likeness (QED) is 0.460. The molecule has 0 aromatic heterocycles. The Hall–Kier alpha value is -2.77. The number of halogens is 1. The fourth-order valence-electron chi connectivity index (χ4n) is 1.06. The molecule has 8 heteroatoms. The molecule has 0 saturated carbocycles. The number of benzene rings is 1. The normalized spacial score (nSPS) is 10.3. The molecule has 0 unspecified atom stereocenters. The summed E-state index contributed by atoms with van der Waals surface area (Å²) in [6.45, 7) is 0. The van der Waals surface area contributed by atoms with Gasteiger partial charge in [-0.25, -0.2) is 0 Å². The van der Waals surface area contributed by atoms with E-state index >= 15 is 0 Å². The largest absolute Gasteiger partial charge is 0.545 e. The number of amides is 1. The highest BCUT2D eigenvalue weighted by molar-refractivity contribution is 6.02. The van der Waals surface area contributed by atoms with Crippen molar-refractivity contribution in [3.05, 3.63) is 46.3 Å². The Labute approximate surface area is 99.7 Å². The van der Waals surface area contributed by atoms with Crippen molar-refractivity contribution >= 4 is 23.3 Å². The molecule has 7 nitrogen and oxygen atoms in total. The van der Waals surface area contributed by atoms with Crippen molar-refractivity contribution in [1.29, 1.82) is 0 Å². The fourth-order valence-corrected chi connectivity index (χ4v) is 1.06. The van der Waals surface area contributed by atoms with Crippen molar-refractivity contribution < 1.29 is 24.0 Å². The van der Waals surface area contributed by atoms with E-state index in [-0.39, 0.29) is 5.69 Å². The predicted octanol–water partition coefficient (Wildman–Crippen LogP) is -0.0215. The summed E-state index contributed by atoms with van der Waals surface area (Å²) in [6.07, 6.45) is 1.16. The van der Waals surface area contributed by atoms with Gasteiger partial charge in [-0.3, -0.25) is 14.9 Å². The summed E-state index contributed by atoms with van der Waals surface area (Å²) < 4.78 is 13.0. The van der Waals surface area contributed by atoms with Gasteiger partial charge in [-0.2, -0.15) is 4.39 Å². The Morgan fingerprint density at radius 3 is 2.56 bits per heavy atom. The summed E-state index contributed by atoms with van der Waals surface area (Å²) in [4.78, 5) is 30.6. The maximum absolute atomic E-state index is 13.0. The standard InChI is InChI=1S/C10H7FN2O5/c11-7-2-1-6(5-8(7)13(17)18)12-9(14)3-4-10(15)16/h1-5H,(H,12,14)(H,15,16)/p-1. The number of aliphatic carboxylic acids is 1. The minimum absolute atomic E-state index is 0.0314. The summed E-state index contributed by atoms with van der Waals surface area (Å²) in [6, 6.07) is 2.74. The van der Waals surface area contributed by atoms with Crippen LogP contribution in [0, 0.1) is 15.9 Å². The zero-order chi connectivity index (χ0) is 13.7. The summed E-state index contributed by atoms with van der Waals surface area (Å²) >= 11 is 0. The lowest BCUT2D eigenvalue weighted by Crippen LogP contribution is -2.20. The van der Waals surface area contributed by atoms with Gasteiger partial charge in [0.25, 0.3) is 0 Å². The predicted molar refractivity (Wildman–Crippen MR) is 55.8 cm³/mol. The van der Waals surface area contributed by atoms with Gasteiger partial charge in [0, 0.05) is 17.8 Å². The molecule has 0 atom stereocenters. The van der Waals surface area contributed by atoms with E-state index in [2.05, 4.69) is 5.32 Å². The Kier molecular flexibility index (Phi) is 4.08. The minimum atomic E-state index is -1.56. The van der Waals surface area contributed by atoms with Crippen LogP contribution in [0.15, 0.2) is 30.4 Å². The second-order valence-corrected chi connectivity index (χ2v) is 3.06. The van der Waals surface area contributed by atoms with Crippen LogP contribution in [0.3, 0.4) is 0 Å². The summed E-state index contributed by atoms with van der Waals surface area (Å²) in [5.74, 6) is -3.43. The van der Waals surface area contributed by atoms with E-state index in [4.69, 9.17) is 0 Å². The van der Waals surface area contributed by atoms with Gasteiger partial charge in [-0.05, 0) is 18.2 Å². The average Bonchev–Trinajstić information content (AvgIpc) is 2.28. The number of carboxylic acids is 1. The number of hydrogen-bond acceptors (Lipinski definition) is 5. The van der Waals surface area contributed by atoms with Crippen LogP contribution in [-0.4, -0.2) is 16.8 Å². The van der Waals surface area contributed by atoms with Gasteiger partial charge in [0.1, 0.15) is 0 Å². The number of nitrogens with zero attached hydrogens (tertiary/aromatic N) is 1. The first-order valence-electron chi connectivity index (χ1n) is 4.54. The molecule has 0 saturated heterocycles. The number of carboxylic acid groups (broad SMARTS) is 1.